The lowest BCUT2D eigenvalue weighted by atomic mass is 9.81. The molecule has 1 aromatic heterocycles. The zero-order valence-corrected chi connectivity index (χ0v) is 33.1. The Morgan fingerprint density at radius 3 is 1.93 bits per heavy atom. The van der Waals surface area contributed by atoms with E-state index in [2.05, 4.69) is 197 Å². The van der Waals surface area contributed by atoms with Crippen LogP contribution in [0.1, 0.15) is 61.4 Å². The monoisotopic (exact) mass is 736 g/mol. The Hall–Kier alpha value is -6.02. The van der Waals surface area contributed by atoms with Gasteiger partial charge in [-0.3, -0.25) is 0 Å². The van der Waals surface area contributed by atoms with Crippen LogP contribution in [0.4, 0.5) is 0 Å². The van der Waals surface area contributed by atoms with Gasteiger partial charge >= 0.3 is 0 Å². The van der Waals surface area contributed by atoms with Crippen LogP contribution in [-0.4, -0.2) is 0 Å². The van der Waals surface area contributed by atoms with Gasteiger partial charge in [0, 0.05) is 25.6 Å². The molecule has 0 unspecified atom stereocenters. The summed E-state index contributed by atoms with van der Waals surface area (Å²) in [5.41, 5.74) is 12.2. The van der Waals surface area contributed by atoms with Crippen molar-refractivity contribution in [3.8, 4) is 0 Å². The molecule has 270 valence electrons. The van der Waals surface area contributed by atoms with Gasteiger partial charge in [0.1, 0.15) is 0 Å². The maximum absolute atomic E-state index is 2.48. The van der Waals surface area contributed by atoms with Crippen molar-refractivity contribution in [1.29, 1.82) is 0 Å². The molecule has 0 spiro atoms. The molecule has 0 bridgehead atoms. The fourth-order valence-corrected chi connectivity index (χ4v) is 10.4. The van der Waals surface area contributed by atoms with Crippen LogP contribution in [0.15, 0.2) is 182 Å². The molecule has 0 N–H and O–H groups in total. The summed E-state index contributed by atoms with van der Waals surface area (Å²) in [5.74, 6) is 0. The molecule has 10 rings (SSSR count). The van der Waals surface area contributed by atoms with Crippen LogP contribution in [-0.2, 0) is 11.8 Å². The van der Waals surface area contributed by atoms with Gasteiger partial charge in [0.05, 0.1) is 0 Å². The van der Waals surface area contributed by atoms with Crippen molar-refractivity contribution in [2.24, 2.45) is 0 Å². The fourth-order valence-electron chi connectivity index (χ4n) is 9.31. The highest BCUT2D eigenvalue weighted by molar-refractivity contribution is 7.25. The number of rotatable bonds is 4. The van der Waals surface area contributed by atoms with Crippen molar-refractivity contribution >= 4 is 80.5 Å². The fraction of sp³-hybridized carbons (Fsp3) is 0.127. The van der Waals surface area contributed by atoms with Crippen LogP contribution in [0.5, 0.6) is 0 Å². The normalized spacial score (nSPS) is 19.6. The van der Waals surface area contributed by atoms with Crippen LogP contribution < -0.4 is 0 Å². The molecule has 56 heavy (non-hydrogen) atoms. The molecular weight excluding hydrogens is 693 g/mol. The third-order valence-electron chi connectivity index (χ3n) is 12.3. The van der Waals surface area contributed by atoms with E-state index >= 15 is 0 Å². The molecule has 7 aromatic carbocycles. The van der Waals surface area contributed by atoms with Crippen LogP contribution in [0.25, 0.3) is 69.2 Å². The van der Waals surface area contributed by atoms with Crippen molar-refractivity contribution in [2.45, 2.75) is 45.4 Å². The highest BCUT2D eigenvalue weighted by Crippen LogP contribution is 2.46. The number of thiophene rings is 1. The Bertz CT molecular complexity index is 3000. The molecule has 0 nitrogen and oxygen atoms in total. The average molecular weight is 737 g/mol. The number of hydrogen-bond donors (Lipinski definition) is 0. The summed E-state index contributed by atoms with van der Waals surface area (Å²) in [6, 6.07) is 47.5. The standard InChI is InChI=1S/C55H44S/c1-36(27-30-43-32-42-31-40-33-49-44-21-15-16-26-51(44)56-52(49)35-41(40)34-50(42)55(43,2)3)53-45-22-11-13-24-47(45)54(48-25-14-12-23-46(48)53)39-20-8-5-4-7-19-38(28-29-39)37-17-9-6-10-18-37/h4-18,21-31,33-35H,19-20,32H2,1-3H3/b7-4-,8-5-,36-27+,38-28+,39-29+,43-30+. The second-order valence-corrected chi connectivity index (χ2v) is 17.1. The van der Waals surface area contributed by atoms with Crippen molar-refractivity contribution in [3.63, 3.8) is 0 Å². The zero-order chi connectivity index (χ0) is 37.8. The van der Waals surface area contributed by atoms with Crippen LogP contribution in [0.3, 0.4) is 0 Å². The van der Waals surface area contributed by atoms with Gasteiger partial charge in [0.2, 0.25) is 0 Å². The zero-order valence-electron chi connectivity index (χ0n) is 32.3. The smallest absolute Gasteiger partial charge is 0.0361 e. The molecule has 1 heteroatoms. The van der Waals surface area contributed by atoms with E-state index in [9.17, 15) is 0 Å². The van der Waals surface area contributed by atoms with E-state index in [1.165, 1.54) is 103 Å². The summed E-state index contributed by atoms with van der Waals surface area (Å²) in [4.78, 5) is 0. The van der Waals surface area contributed by atoms with Gasteiger partial charge in [-0.1, -0.05) is 171 Å². The van der Waals surface area contributed by atoms with Gasteiger partial charge in [-0.25, -0.2) is 0 Å². The molecule has 0 fully saturated rings. The van der Waals surface area contributed by atoms with E-state index < -0.39 is 0 Å². The quantitative estimate of drug-likeness (QED) is 0.158. The molecule has 2 aliphatic carbocycles. The molecule has 0 radical (unpaired) electrons. The number of fused-ring (bicyclic) bond motifs is 7. The first-order valence-electron chi connectivity index (χ1n) is 19.9. The topological polar surface area (TPSA) is 0 Å². The molecule has 0 saturated heterocycles. The first-order chi connectivity index (χ1) is 27.4. The molecular formula is C55H44S. The van der Waals surface area contributed by atoms with Crippen molar-refractivity contribution in [2.75, 3.05) is 0 Å². The lowest BCUT2D eigenvalue weighted by Gasteiger charge is -2.22. The minimum Gasteiger partial charge on any atom is -0.135 e. The Labute approximate surface area is 333 Å². The van der Waals surface area contributed by atoms with E-state index in [1.54, 1.807) is 0 Å². The van der Waals surface area contributed by atoms with E-state index in [0.29, 0.717) is 0 Å². The molecule has 0 atom stereocenters. The number of benzene rings is 7. The molecule has 0 saturated carbocycles. The van der Waals surface area contributed by atoms with E-state index in [0.717, 1.165) is 19.3 Å². The highest BCUT2D eigenvalue weighted by atomic mass is 32.1. The summed E-state index contributed by atoms with van der Waals surface area (Å²) in [6.07, 6.45) is 21.2. The minimum atomic E-state index is -0.0550. The van der Waals surface area contributed by atoms with E-state index in [4.69, 9.17) is 0 Å². The Morgan fingerprint density at radius 2 is 1.20 bits per heavy atom. The summed E-state index contributed by atoms with van der Waals surface area (Å²) < 4.78 is 2.73. The largest absolute Gasteiger partial charge is 0.135 e. The summed E-state index contributed by atoms with van der Waals surface area (Å²) in [6.45, 7) is 7.12. The summed E-state index contributed by atoms with van der Waals surface area (Å²) in [5, 5.41) is 10.6. The lowest BCUT2D eigenvalue weighted by molar-refractivity contribution is 0.645. The van der Waals surface area contributed by atoms with Crippen LogP contribution in [0.2, 0.25) is 0 Å². The van der Waals surface area contributed by atoms with Crippen molar-refractivity contribution < 1.29 is 0 Å². The summed E-state index contributed by atoms with van der Waals surface area (Å²) >= 11 is 1.90. The second-order valence-electron chi connectivity index (χ2n) is 16.0. The van der Waals surface area contributed by atoms with Gasteiger partial charge in [-0.15, -0.1) is 11.3 Å². The van der Waals surface area contributed by atoms with Gasteiger partial charge in [0.25, 0.3) is 0 Å². The van der Waals surface area contributed by atoms with E-state index in [1.807, 2.05) is 11.3 Å². The maximum Gasteiger partial charge on any atom is 0.0361 e. The lowest BCUT2D eigenvalue weighted by Crippen LogP contribution is -2.15. The Kier molecular flexibility index (Phi) is 8.57. The van der Waals surface area contributed by atoms with Gasteiger partial charge in [0.15, 0.2) is 0 Å². The van der Waals surface area contributed by atoms with Crippen molar-refractivity contribution in [1.82, 2.24) is 0 Å². The number of hydrogen-bond acceptors (Lipinski definition) is 1. The SMILES string of the molecule is C/C(=C\C=C1/Cc2cc3cc4c(cc3cc2C1(C)C)sc1ccccc14)c1c2ccccc2c(/C2=C/C=C(/c3ccccc3)C/C=C\C=C/C2)c2ccccc12. The molecule has 2 aliphatic rings. The first kappa shape index (κ1) is 34.5. The summed E-state index contributed by atoms with van der Waals surface area (Å²) in [7, 11) is 0. The predicted octanol–water partition coefficient (Wildman–Crippen LogP) is 15.8. The third kappa shape index (κ3) is 5.90. The van der Waals surface area contributed by atoms with Gasteiger partial charge in [-0.2, -0.15) is 0 Å². The Balaban J connectivity index is 1.07. The van der Waals surface area contributed by atoms with E-state index in [-0.39, 0.29) is 5.41 Å². The molecule has 0 aliphatic heterocycles. The van der Waals surface area contributed by atoms with Gasteiger partial charge in [-0.05, 0) is 127 Å². The average Bonchev–Trinajstić information content (AvgIpc) is 3.71. The number of allylic oxidation sites excluding steroid dienone is 12. The minimum absolute atomic E-state index is 0.0550. The van der Waals surface area contributed by atoms with Crippen LogP contribution >= 0.6 is 11.3 Å². The predicted molar refractivity (Wildman–Crippen MR) is 247 cm³/mol. The highest BCUT2D eigenvalue weighted by Gasteiger charge is 2.34. The Morgan fingerprint density at radius 1 is 0.589 bits per heavy atom. The van der Waals surface area contributed by atoms with Crippen molar-refractivity contribution in [3.05, 3.63) is 209 Å². The molecule has 0 amide bonds. The molecule has 1 heterocycles. The first-order valence-corrected chi connectivity index (χ1v) is 20.7. The van der Waals surface area contributed by atoms with Gasteiger partial charge < -0.3 is 0 Å². The second kappa shape index (κ2) is 13.9. The third-order valence-corrected chi connectivity index (χ3v) is 13.4. The molecule has 8 aromatic rings. The maximum atomic E-state index is 2.48. The van der Waals surface area contributed by atoms with Crippen LogP contribution in [0, 0.1) is 0 Å².